The fraction of sp³-hybridized carbons (Fsp3) is 0.0625. The minimum absolute atomic E-state index is 0.176. The average molecular weight is 315 g/mol. The minimum atomic E-state index is -3.71. The van der Waals surface area contributed by atoms with Crippen LogP contribution >= 0.6 is 0 Å². The third-order valence-corrected chi connectivity index (χ3v) is 4.76. The van der Waals surface area contributed by atoms with E-state index in [1.807, 2.05) is 6.92 Å². The van der Waals surface area contributed by atoms with E-state index in [4.69, 9.17) is 0 Å². The van der Waals surface area contributed by atoms with E-state index in [-0.39, 0.29) is 4.90 Å². The van der Waals surface area contributed by atoms with Crippen LogP contribution in [0.15, 0.2) is 65.7 Å². The molecule has 0 saturated heterocycles. The van der Waals surface area contributed by atoms with Crippen molar-refractivity contribution in [3.8, 4) is 0 Å². The highest BCUT2D eigenvalue weighted by Crippen LogP contribution is 2.22. The van der Waals surface area contributed by atoms with E-state index in [2.05, 4.69) is 4.72 Å². The van der Waals surface area contributed by atoms with Crippen LogP contribution in [0.4, 0.5) is 5.69 Å². The van der Waals surface area contributed by atoms with Gasteiger partial charge in [0.2, 0.25) is 6.20 Å². The molecule has 1 heterocycles. The van der Waals surface area contributed by atoms with Gasteiger partial charge in [-0.25, -0.2) is 8.42 Å². The summed E-state index contributed by atoms with van der Waals surface area (Å²) in [5, 5.41) is 10.7. The molecular weight excluding hydrogens is 300 g/mol. The predicted octanol–water partition coefficient (Wildman–Crippen LogP) is 2.47. The second-order valence-electron chi connectivity index (χ2n) is 5.01. The number of anilines is 1. The molecule has 0 radical (unpaired) electrons. The van der Waals surface area contributed by atoms with Gasteiger partial charge in [-0.3, -0.25) is 9.93 Å². The lowest BCUT2D eigenvalue weighted by Crippen LogP contribution is -2.31. The van der Waals surface area contributed by atoms with Crippen LogP contribution in [0.1, 0.15) is 5.56 Å². The average Bonchev–Trinajstić information content (AvgIpc) is 2.47. The van der Waals surface area contributed by atoms with Gasteiger partial charge in [-0.05, 0) is 37.3 Å². The van der Waals surface area contributed by atoms with Crippen molar-refractivity contribution in [3.05, 3.63) is 66.4 Å². The van der Waals surface area contributed by atoms with Crippen LogP contribution in [-0.2, 0) is 10.0 Å². The van der Waals surface area contributed by atoms with Crippen molar-refractivity contribution in [2.45, 2.75) is 11.8 Å². The second kappa shape index (κ2) is 5.31. The molecule has 0 atom stereocenters. The second-order valence-corrected chi connectivity index (χ2v) is 6.70. The largest absolute Gasteiger partial charge is 0.288 e. The molecule has 5 nitrogen and oxygen atoms in total. The van der Waals surface area contributed by atoms with E-state index >= 15 is 0 Å². The van der Waals surface area contributed by atoms with Gasteiger partial charge in [0.25, 0.3) is 15.5 Å². The number of aryl methyl sites for hydroxylation is 1. The number of sulfonamides is 1. The highest BCUT2D eigenvalue weighted by atomic mass is 32.2. The summed E-state index contributed by atoms with van der Waals surface area (Å²) in [5.74, 6) is 0. The first-order valence-electron chi connectivity index (χ1n) is 6.69. The Kier molecular flexibility index (Phi) is 3.46. The lowest BCUT2D eigenvalue weighted by Gasteiger charge is -2.08. The highest BCUT2D eigenvalue weighted by Gasteiger charge is 2.20. The van der Waals surface area contributed by atoms with Gasteiger partial charge < -0.3 is 0 Å². The molecule has 0 unspecified atom stereocenters. The number of benzene rings is 2. The standard InChI is InChI=1S/C16H15N2O3S/c1-12-7-9-14(10-8-12)22(20,21)17-15-6-2-4-13-5-3-11-18(19)16(13)15/h2-11,17,19H,1H3/q+1. The number of para-hydroxylation sites is 1. The van der Waals surface area contributed by atoms with E-state index in [9.17, 15) is 13.6 Å². The molecular formula is C16H15N2O3S+. The van der Waals surface area contributed by atoms with Crippen molar-refractivity contribution >= 4 is 26.6 Å². The van der Waals surface area contributed by atoms with Crippen LogP contribution in [0.2, 0.25) is 0 Å². The van der Waals surface area contributed by atoms with Gasteiger partial charge in [0, 0.05) is 10.8 Å². The van der Waals surface area contributed by atoms with Crippen molar-refractivity contribution in [1.82, 2.24) is 0 Å². The third kappa shape index (κ3) is 2.60. The number of pyridine rings is 1. The summed E-state index contributed by atoms with van der Waals surface area (Å²) in [5.41, 5.74) is 1.71. The monoisotopic (exact) mass is 315 g/mol. The van der Waals surface area contributed by atoms with Crippen LogP contribution in [0.3, 0.4) is 0 Å². The van der Waals surface area contributed by atoms with E-state index < -0.39 is 10.0 Å². The molecule has 2 aromatic carbocycles. The Morgan fingerprint density at radius 2 is 1.68 bits per heavy atom. The molecule has 0 saturated carbocycles. The lowest BCUT2D eigenvalue weighted by molar-refractivity contribution is -0.884. The van der Waals surface area contributed by atoms with E-state index in [1.54, 1.807) is 54.6 Å². The highest BCUT2D eigenvalue weighted by molar-refractivity contribution is 7.92. The fourth-order valence-electron chi connectivity index (χ4n) is 2.26. The molecule has 6 heteroatoms. The molecule has 2 N–H and O–H groups in total. The van der Waals surface area contributed by atoms with Gasteiger partial charge in [0.1, 0.15) is 5.69 Å². The maximum atomic E-state index is 12.5. The smallest absolute Gasteiger partial charge is 0.284 e. The maximum Gasteiger partial charge on any atom is 0.288 e. The van der Waals surface area contributed by atoms with Crippen molar-refractivity contribution in [3.63, 3.8) is 0 Å². The normalized spacial score (nSPS) is 11.5. The topological polar surface area (TPSA) is 70.3 Å². The molecule has 112 valence electrons. The SMILES string of the molecule is Cc1ccc(S(=O)(=O)Nc2cccc3ccc[n+](O)c23)cc1. The Labute approximate surface area is 128 Å². The molecule has 3 aromatic rings. The number of aromatic nitrogens is 1. The number of nitrogens with one attached hydrogen (secondary N) is 1. The zero-order chi connectivity index (χ0) is 15.7. The summed E-state index contributed by atoms with van der Waals surface area (Å²) in [6.45, 7) is 1.89. The Morgan fingerprint density at radius 1 is 1.00 bits per heavy atom. The van der Waals surface area contributed by atoms with Gasteiger partial charge in [-0.15, -0.1) is 0 Å². The summed E-state index contributed by atoms with van der Waals surface area (Å²) >= 11 is 0. The molecule has 0 amide bonds. The number of hydrogen-bond donors (Lipinski definition) is 2. The Hall–Kier alpha value is -2.60. The van der Waals surface area contributed by atoms with Gasteiger partial charge in [0.05, 0.1) is 10.3 Å². The van der Waals surface area contributed by atoms with E-state index in [0.29, 0.717) is 11.2 Å². The molecule has 0 bridgehead atoms. The zero-order valence-corrected chi connectivity index (χ0v) is 12.7. The zero-order valence-electron chi connectivity index (χ0n) is 11.9. The van der Waals surface area contributed by atoms with Crippen molar-refractivity contribution in [1.29, 1.82) is 0 Å². The summed E-state index contributed by atoms with van der Waals surface area (Å²) < 4.78 is 28.4. The predicted molar refractivity (Wildman–Crippen MR) is 83.3 cm³/mol. The first-order valence-corrected chi connectivity index (χ1v) is 8.18. The molecule has 3 rings (SSSR count). The molecule has 0 aliphatic heterocycles. The quantitative estimate of drug-likeness (QED) is 0.576. The van der Waals surface area contributed by atoms with Crippen LogP contribution in [0.5, 0.6) is 0 Å². The molecule has 22 heavy (non-hydrogen) atoms. The maximum absolute atomic E-state index is 12.5. The third-order valence-electron chi connectivity index (χ3n) is 3.37. The fourth-order valence-corrected chi connectivity index (χ4v) is 3.32. The number of fused-ring (bicyclic) bond motifs is 1. The van der Waals surface area contributed by atoms with Crippen molar-refractivity contribution < 1.29 is 18.4 Å². The van der Waals surface area contributed by atoms with Crippen LogP contribution in [0, 0.1) is 6.92 Å². The minimum Gasteiger partial charge on any atom is -0.284 e. The van der Waals surface area contributed by atoms with Gasteiger partial charge in [-0.2, -0.15) is 0 Å². The summed E-state index contributed by atoms with van der Waals surface area (Å²) in [6.07, 6.45) is 1.45. The number of hydrogen-bond acceptors (Lipinski definition) is 3. The van der Waals surface area contributed by atoms with Crippen molar-refractivity contribution in [2.75, 3.05) is 4.72 Å². The summed E-state index contributed by atoms with van der Waals surface area (Å²) in [4.78, 5) is 0.176. The van der Waals surface area contributed by atoms with E-state index in [1.165, 1.54) is 6.20 Å². The Balaban J connectivity index is 2.08. The van der Waals surface area contributed by atoms with Gasteiger partial charge in [0.15, 0.2) is 0 Å². The van der Waals surface area contributed by atoms with Crippen LogP contribution < -0.4 is 9.45 Å². The van der Waals surface area contributed by atoms with Crippen LogP contribution in [0.25, 0.3) is 10.9 Å². The molecule has 0 aliphatic carbocycles. The first kappa shape index (κ1) is 14.3. The van der Waals surface area contributed by atoms with E-state index in [0.717, 1.165) is 15.7 Å². The van der Waals surface area contributed by atoms with Gasteiger partial charge in [-0.1, -0.05) is 23.8 Å². The molecule has 0 fully saturated rings. The first-order chi connectivity index (χ1) is 10.5. The molecule has 1 aromatic heterocycles. The van der Waals surface area contributed by atoms with Crippen LogP contribution in [-0.4, -0.2) is 13.6 Å². The summed E-state index contributed by atoms with van der Waals surface area (Å²) in [7, 11) is -3.71. The van der Waals surface area contributed by atoms with Crippen molar-refractivity contribution in [2.24, 2.45) is 0 Å². The Bertz CT molecular complexity index is 930. The lowest BCUT2D eigenvalue weighted by atomic mass is 10.2. The summed E-state index contributed by atoms with van der Waals surface area (Å²) in [6, 6.07) is 15.2. The number of nitrogens with zero attached hydrogens (tertiary/aromatic N) is 1. The Morgan fingerprint density at radius 3 is 2.41 bits per heavy atom. The molecule has 0 spiro atoms. The molecule has 0 aliphatic rings. The number of rotatable bonds is 3. The van der Waals surface area contributed by atoms with Gasteiger partial charge >= 0.3 is 0 Å².